The summed E-state index contributed by atoms with van der Waals surface area (Å²) in [5.41, 5.74) is 2.45. The first-order valence-corrected chi connectivity index (χ1v) is 9.02. The molecule has 1 atom stereocenters. The minimum Gasteiger partial charge on any atom is -0.355 e. The second kappa shape index (κ2) is 7.16. The van der Waals surface area contributed by atoms with Gasteiger partial charge in [-0.05, 0) is 48.1 Å². The van der Waals surface area contributed by atoms with Crippen LogP contribution in [0.15, 0.2) is 55.4 Å². The second-order valence-electron chi connectivity index (χ2n) is 6.79. The third-order valence-corrected chi connectivity index (χ3v) is 5.13. The Labute approximate surface area is 157 Å². The predicted octanol–water partition coefficient (Wildman–Crippen LogP) is 4.71. The van der Waals surface area contributed by atoms with Crippen molar-refractivity contribution in [1.82, 2.24) is 9.97 Å². The maximum absolute atomic E-state index is 14.2. The Kier molecular flexibility index (Phi) is 4.55. The summed E-state index contributed by atoms with van der Waals surface area (Å²) in [6.45, 7) is 5.73. The number of nitrogens with zero attached hydrogens (tertiary/aromatic N) is 4. The van der Waals surface area contributed by atoms with Gasteiger partial charge in [0.25, 0.3) is 0 Å². The number of hydrogen-bond donors (Lipinski definition) is 0. The topological polar surface area (TPSA) is 52.8 Å². The Morgan fingerprint density at radius 3 is 2.93 bits per heavy atom. The molecule has 134 valence electrons. The molecule has 27 heavy (non-hydrogen) atoms. The molecule has 0 bridgehead atoms. The van der Waals surface area contributed by atoms with Crippen LogP contribution in [0.25, 0.3) is 22.0 Å². The van der Waals surface area contributed by atoms with E-state index >= 15 is 0 Å². The number of fused-ring (bicyclic) bond motifs is 1. The Morgan fingerprint density at radius 1 is 1.26 bits per heavy atom. The molecule has 1 aliphatic heterocycles. The molecular weight excluding hydrogens is 339 g/mol. The number of nitriles is 1. The van der Waals surface area contributed by atoms with Crippen molar-refractivity contribution in [3.8, 4) is 17.2 Å². The van der Waals surface area contributed by atoms with Crippen LogP contribution in [0.3, 0.4) is 0 Å². The van der Waals surface area contributed by atoms with Crippen molar-refractivity contribution in [2.24, 2.45) is 5.92 Å². The van der Waals surface area contributed by atoms with E-state index in [1.807, 2.05) is 30.3 Å². The van der Waals surface area contributed by atoms with Crippen LogP contribution in [0.1, 0.15) is 18.4 Å². The van der Waals surface area contributed by atoms with E-state index in [4.69, 9.17) is 5.26 Å². The number of aromatic nitrogens is 2. The molecule has 0 aliphatic carbocycles. The maximum Gasteiger partial charge on any atom is 0.141 e. The molecular formula is C22H19FN4. The Morgan fingerprint density at radius 2 is 2.15 bits per heavy atom. The van der Waals surface area contributed by atoms with Crippen LogP contribution in [0.4, 0.5) is 10.2 Å². The Balaban J connectivity index is 1.88. The summed E-state index contributed by atoms with van der Waals surface area (Å²) >= 11 is 0. The monoisotopic (exact) mass is 358 g/mol. The van der Waals surface area contributed by atoms with Crippen molar-refractivity contribution < 1.29 is 4.39 Å². The fraction of sp³-hybridized carbons (Fsp3) is 0.227. The average molecular weight is 358 g/mol. The third-order valence-electron chi connectivity index (χ3n) is 5.13. The molecule has 0 N–H and O–H groups in total. The number of piperidine rings is 1. The minimum atomic E-state index is -0.518. The van der Waals surface area contributed by atoms with Gasteiger partial charge in [0.1, 0.15) is 24.0 Å². The lowest BCUT2D eigenvalue weighted by Gasteiger charge is -2.33. The van der Waals surface area contributed by atoms with E-state index in [-0.39, 0.29) is 5.56 Å². The number of anilines is 1. The van der Waals surface area contributed by atoms with Crippen molar-refractivity contribution in [3.63, 3.8) is 0 Å². The van der Waals surface area contributed by atoms with Crippen molar-refractivity contribution in [3.05, 3.63) is 66.8 Å². The zero-order chi connectivity index (χ0) is 18.8. The van der Waals surface area contributed by atoms with E-state index in [9.17, 15) is 4.39 Å². The molecule has 1 fully saturated rings. The van der Waals surface area contributed by atoms with E-state index in [2.05, 4.69) is 21.4 Å². The predicted molar refractivity (Wildman–Crippen MR) is 105 cm³/mol. The molecule has 1 unspecified atom stereocenters. The lowest BCUT2D eigenvalue weighted by molar-refractivity contribution is 0.484. The van der Waals surface area contributed by atoms with Gasteiger partial charge >= 0.3 is 0 Å². The van der Waals surface area contributed by atoms with Crippen LogP contribution in [0.2, 0.25) is 0 Å². The fourth-order valence-corrected chi connectivity index (χ4v) is 3.74. The molecule has 3 aromatic rings. The fourth-order valence-electron chi connectivity index (χ4n) is 3.74. The molecule has 0 saturated carbocycles. The summed E-state index contributed by atoms with van der Waals surface area (Å²) in [6, 6.07) is 12.4. The number of halogens is 1. The van der Waals surface area contributed by atoms with E-state index in [1.165, 1.54) is 12.1 Å². The molecule has 4 rings (SSSR count). The normalized spacial score (nSPS) is 16.9. The lowest BCUT2D eigenvalue weighted by atomic mass is 9.96. The molecule has 5 heteroatoms. The van der Waals surface area contributed by atoms with E-state index in [0.717, 1.165) is 48.2 Å². The zero-order valence-corrected chi connectivity index (χ0v) is 14.9. The van der Waals surface area contributed by atoms with Crippen LogP contribution in [-0.2, 0) is 0 Å². The standard InChI is InChI=1S/C22H19FN4/c1-2-15-5-4-10-27(13-15)22-21-18(6-3-7-20(21)25-14-26-22)16-8-9-17(12-24)19(23)11-16/h2-3,6-9,11,14-15H,1,4-5,10,13H2. The van der Waals surface area contributed by atoms with Gasteiger partial charge in [0, 0.05) is 13.1 Å². The van der Waals surface area contributed by atoms with Crippen LogP contribution in [-0.4, -0.2) is 23.1 Å². The first-order chi connectivity index (χ1) is 13.2. The van der Waals surface area contributed by atoms with E-state index in [1.54, 1.807) is 12.4 Å². The molecule has 1 aliphatic rings. The van der Waals surface area contributed by atoms with Crippen LogP contribution < -0.4 is 4.90 Å². The second-order valence-corrected chi connectivity index (χ2v) is 6.79. The van der Waals surface area contributed by atoms with Gasteiger partial charge in [-0.2, -0.15) is 5.26 Å². The minimum absolute atomic E-state index is 0.0420. The number of rotatable bonds is 3. The van der Waals surface area contributed by atoms with Crippen molar-refractivity contribution in [2.75, 3.05) is 18.0 Å². The SMILES string of the molecule is C=CC1CCCN(c2ncnc3cccc(-c4ccc(C#N)c(F)c4)c23)C1. The smallest absolute Gasteiger partial charge is 0.141 e. The summed E-state index contributed by atoms with van der Waals surface area (Å²) in [5.74, 6) is 0.783. The lowest BCUT2D eigenvalue weighted by Crippen LogP contribution is -2.35. The molecule has 0 amide bonds. The van der Waals surface area contributed by atoms with E-state index < -0.39 is 5.82 Å². The molecule has 0 spiro atoms. The highest BCUT2D eigenvalue weighted by molar-refractivity contribution is 6.02. The van der Waals surface area contributed by atoms with Crippen LogP contribution in [0.5, 0.6) is 0 Å². The highest BCUT2D eigenvalue weighted by Gasteiger charge is 2.22. The third kappa shape index (κ3) is 3.15. The molecule has 0 radical (unpaired) electrons. The van der Waals surface area contributed by atoms with E-state index in [0.29, 0.717) is 11.5 Å². The summed E-state index contributed by atoms with van der Waals surface area (Å²) < 4.78 is 14.2. The molecule has 4 nitrogen and oxygen atoms in total. The van der Waals surface area contributed by atoms with Gasteiger partial charge in [0.2, 0.25) is 0 Å². The molecule has 2 aromatic carbocycles. The molecule has 1 aromatic heterocycles. The largest absolute Gasteiger partial charge is 0.355 e. The van der Waals surface area contributed by atoms with Gasteiger partial charge in [0.15, 0.2) is 0 Å². The van der Waals surface area contributed by atoms with Gasteiger partial charge < -0.3 is 4.90 Å². The number of benzene rings is 2. The van der Waals surface area contributed by atoms with Gasteiger partial charge in [-0.1, -0.05) is 24.3 Å². The highest BCUT2D eigenvalue weighted by Crippen LogP contribution is 2.35. The molecule has 1 saturated heterocycles. The average Bonchev–Trinajstić information content (AvgIpc) is 2.73. The number of hydrogen-bond acceptors (Lipinski definition) is 4. The maximum atomic E-state index is 14.2. The quantitative estimate of drug-likeness (QED) is 0.636. The van der Waals surface area contributed by atoms with Gasteiger partial charge in [0.05, 0.1) is 16.5 Å². The van der Waals surface area contributed by atoms with Gasteiger partial charge in [-0.15, -0.1) is 6.58 Å². The highest BCUT2D eigenvalue weighted by atomic mass is 19.1. The van der Waals surface area contributed by atoms with Crippen molar-refractivity contribution >= 4 is 16.7 Å². The Bertz CT molecular complexity index is 1050. The summed E-state index contributed by atoms with van der Waals surface area (Å²) in [5, 5.41) is 9.90. The molecule has 2 heterocycles. The van der Waals surface area contributed by atoms with Crippen molar-refractivity contribution in [1.29, 1.82) is 5.26 Å². The summed E-state index contributed by atoms with van der Waals surface area (Å²) in [4.78, 5) is 11.3. The Hall–Kier alpha value is -3.26. The zero-order valence-electron chi connectivity index (χ0n) is 14.9. The van der Waals surface area contributed by atoms with Crippen molar-refractivity contribution in [2.45, 2.75) is 12.8 Å². The summed E-state index contributed by atoms with van der Waals surface area (Å²) in [6.07, 6.45) is 5.80. The summed E-state index contributed by atoms with van der Waals surface area (Å²) in [7, 11) is 0. The first kappa shape index (κ1) is 17.2. The van der Waals surface area contributed by atoms with Crippen LogP contribution >= 0.6 is 0 Å². The van der Waals surface area contributed by atoms with Crippen LogP contribution in [0, 0.1) is 23.1 Å². The first-order valence-electron chi connectivity index (χ1n) is 9.02. The van der Waals surface area contributed by atoms with Gasteiger partial charge in [-0.25, -0.2) is 14.4 Å². The van der Waals surface area contributed by atoms with Gasteiger partial charge in [-0.3, -0.25) is 0 Å².